The summed E-state index contributed by atoms with van der Waals surface area (Å²) in [5.74, 6) is 0.633. The summed E-state index contributed by atoms with van der Waals surface area (Å²) in [5, 5.41) is 13.2. The molecule has 0 aliphatic carbocycles. The normalized spacial score (nSPS) is 11.7. The van der Waals surface area contributed by atoms with Crippen LogP contribution < -0.4 is 5.48 Å². The van der Waals surface area contributed by atoms with E-state index < -0.39 is 0 Å². The molecule has 5 nitrogen and oxygen atoms in total. The molecule has 0 fully saturated rings. The Balaban J connectivity index is 2.99. The van der Waals surface area contributed by atoms with Gasteiger partial charge in [0, 0.05) is 5.41 Å². The van der Waals surface area contributed by atoms with Crippen LogP contribution in [0.5, 0.6) is 5.75 Å². The highest BCUT2D eigenvalue weighted by molar-refractivity contribution is 5.50. The summed E-state index contributed by atoms with van der Waals surface area (Å²) in [6, 6.07) is 0. The number of hydrogen-bond acceptors (Lipinski definition) is 5. The molecule has 1 aromatic rings. The predicted molar refractivity (Wildman–Crippen MR) is 47.5 cm³/mol. The Bertz CT molecular complexity index is 288. The van der Waals surface area contributed by atoms with Crippen LogP contribution >= 0.6 is 0 Å². The number of nitrogens with one attached hydrogen (secondary N) is 1. The van der Waals surface area contributed by atoms with Crippen molar-refractivity contribution in [1.82, 2.24) is 5.16 Å². The minimum atomic E-state index is -0.273. The lowest BCUT2D eigenvalue weighted by atomic mass is 9.93. The maximum atomic E-state index is 9.60. The highest BCUT2D eigenvalue weighted by atomic mass is 16.6. The molecule has 0 saturated heterocycles. The molecule has 1 aromatic heterocycles. The monoisotopic (exact) mass is 186 g/mol. The maximum absolute atomic E-state index is 9.60. The standard InChI is InChI=1S/C8H14N2O3/c1-8(2,3)6-5(11)7(9-12-4)10-13-6/h11H,1-4H3,(H,9,10). The number of hydrogen-bond donors (Lipinski definition) is 2. The summed E-state index contributed by atoms with van der Waals surface area (Å²) in [4.78, 5) is 4.60. The van der Waals surface area contributed by atoms with E-state index >= 15 is 0 Å². The third-order valence-corrected chi connectivity index (χ3v) is 1.55. The Labute approximate surface area is 76.6 Å². The molecular weight excluding hydrogens is 172 g/mol. The fraction of sp³-hybridized carbons (Fsp3) is 0.625. The second kappa shape index (κ2) is 3.26. The predicted octanol–water partition coefficient (Wildman–Crippen LogP) is 1.65. The summed E-state index contributed by atoms with van der Waals surface area (Å²) < 4.78 is 4.97. The third kappa shape index (κ3) is 1.92. The largest absolute Gasteiger partial charge is 0.502 e. The van der Waals surface area contributed by atoms with Crippen LogP contribution in [0.15, 0.2) is 4.52 Å². The van der Waals surface area contributed by atoms with E-state index in [9.17, 15) is 5.11 Å². The van der Waals surface area contributed by atoms with Gasteiger partial charge in [-0.1, -0.05) is 25.9 Å². The van der Waals surface area contributed by atoms with Gasteiger partial charge >= 0.3 is 0 Å². The van der Waals surface area contributed by atoms with Crippen LogP contribution in [0.4, 0.5) is 5.82 Å². The third-order valence-electron chi connectivity index (χ3n) is 1.55. The van der Waals surface area contributed by atoms with Crippen molar-refractivity contribution >= 4 is 5.82 Å². The molecule has 0 saturated carbocycles. The highest BCUT2D eigenvalue weighted by Crippen LogP contribution is 2.35. The second-order valence-electron chi connectivity index (χ2n) is 3.77. The Morgan fingerprint density at radius 1 is 1.46 bits per heavy atom. The van der Waals surface area contributed by atoms with E-state index in [2.05, 4.69) is 15.5 Å². The number of aromatic nitrogens is 1. The molecule has 0 bridgehead atoms. The van der Waals surface area contributed by atoms with Crippen molar-refractivity contribution in [2.24, 2.45) is 0 Å². The van der Waals surface area contributed by atoms with E-state index in [0.717, 1.165) is 0 Å². The van der Waals surface area contributed by atoms with Crippen LogP contribution in [-0.4, -0.2) is 17.4 Å². The van der Waals surface area contributed by atoms with Crippen LogP contribution in [0.1, 0.15) is 26.5 Å². The van der Waals surface area contributed by atoms with Gasteiger partial charge in [0.05, 0.1) is 7.11 Å². The van der Waals surface area contributed by atoms with Gasteiger partial charge < -0.3 is 9.63 Å². The average Bonchev–Trinajstić information content (AvgIpc) is 2.32. The minimum Gasteiger partial charge on any atom is -0.502 e. The molecule has 1 rings (SSSR count). The van der Waals surface area contributed by atoms with Gasteiger partial charge in [0.2, 0.25) is 11.6 Å². The molecule has 1 heterocycles. The molecule has 0 amide bonds. The van der Waals surface area contributed by atoms with Gasteiger partial charge in [-0.3, -0.25) is 4.84 Å². The van der Waals surface area contributed by atoms with Crippen LogP contribution in [0.3, 0.4) is 0 Å². The van der Waals surface area contributed by atoms with E-state index in [-0.39, 0.29) is 17.0 Å². The molecular formula is C8H14N2O3. The lowest BCUT2D eigenvalue weighted by Crippen LogP contribution is -2.09. The van der Waals surface area contributed by atoms with Gasteiger partial charge in [0.25, 0.3) is 0 Å². The zero-order valence-corrected chi connectivity index (χ0v) is 8.21. The molecule has 0 spiro atoms. The molecule has 2 N–H and O–H groups in total. The Kier molecular flexibility index (Phi) is 2.47. The van der Waals surface area contributed by atoms with Crippen LogP contribution in [0.2, 0.25) is 0 Å². The lowest BCUT2D eigenvalue weighted by Gasteiger charge is -2.13. The van der Waals surface area contributed by atoms with Gasteiger partial charge in [-0.2, -0.15) is 0 Å². The highest BCUT2D eigenvalue weighted by Gasteiger charge is 2.26. The fourth-order valence-corrected chi connectivity index (χ4v) is 0.941. The Hall–Kier alpha value is -1.23. The van der Waals surface area contributed by atoms with E-state index in [1.807, 2.05) is 20.8 Å². The molecule has 0 aliphatic rings. The first-order valence-electron chi connectivity index (χ1n) is 3.95. The first kappa shape index (κ1) is 9.85. The summed E-state index contributed by atoms with van der Waals surface area (Å²) in [7, 11) is 1.44. The molecule has 0 unspecified atom stereocenters. The van der Waals surface area contributed by atoms with Crippen molar-refractivity contribution in [2.75, 3.05) is 12.6 Å². The smallest absolute Gasteiger partial charge is 0.235 e. The first-order valence-corrected chi connectivity index (χ1v) is 3.95. The van der Waals surface area contributed by atoms with Crippen molar-refractivity contribution in [3.8, 4) is 5.75 Å². The van der Waals surface area contributed by atoms with Gasteiger partial charge in [-0.05, 0) is 0 Å². The number of anilines is 1. The van der Waals surface area contributed by atoms with Crippen molar-refractivity contribution in [3.05, 3.63) is 5.76 Å². The fourth-order valence-electron chi connectivity index (χ4n) is 0.941. The SMILES string of the molecule is CONc1noc(C(C)(C)C)c1O. The van der Waals surface area contributed by atoms with Crippen LogP contribution in [0, 0.1) is 0 Å². The van der Waals surface area contributed by atoms with E-state index in [0.29, 0.717) is 5.76 Å². The molecule has 5 heteroatoms. The number of aromatic hydroxyl groups is 1. The van der Waals surface area contributed by atoms with Gasteiger partial charge in [0.1, 0.15) is 0 Å². The Morgan fingerprint density at radius 3 is 2.46 bits per heavy atom. The summed E-state index contributed by atoms with van der Waals surface area (Å²) in [5.41, 5.74) is 2.14. The zero-order valence-electron chi connectivity index (χ0n) is 8.21. The minimum absolute atomic E-state index is 0.00523. The summed E-state index contributed by atoms with van der Waals surface area (Å²) in [6.07, 6.45) is 0. The van der Waals surface area contributed by atoms with Crippen molar-refractivity contribution in [3.63, 3.8) is 0 Å². The van der Waals surface area contributed by atoms with Crippen LogP contribution in [-0.2, 0) is 10.3 Å². The van der Waals surface area contributed by atoms with Gasteiger partial charge in [0.15, 0.2) is 5.76 Å². The zero-order chi connectivity index (χ0) is 10.1. The van der Waals surface area contributed by atoms with Crippen LogP contribution in [0.25, 0.3) is 0 Å². The maximum Gasteiger partial charge on any atom is 0.235 e. The second-order valence-corrected chi connectivity index (χ2v) is 3.77. The van der Waals surface area contributed by atoms with E-state index in [1.54, 1.807) is 0 Å². The number of rotatable bonds is 2. The molecule has 0 radical (unpaired) electrons. The average molecular weight is 186 g/mol. The first-order chi connectivity index (χ1) is 5.96. The molecule has 0 aromatic carbocycles. The Morgan fingerprint density at radius 2 is 2.08 bits per heavy atom. The topological polar surface area (TPSA) is 67.5 Å². The molecule has 0 atom stereocenters. The lowest BCUT2D eigenvalue weighted by molar-refractivity contribution is 0.262. The van der Waals surface area contributed by atoms with Gasteiger partial charge in [-0.15, -0.1) is 0 Å². The molecule has 0 aliphatic heterocycles. The van der Waals surface area contributed by atoms with Crippen molar-refractivity contribution < 1.29 is 14.5 Å². The van der Waals surface area contributed by atoms with Gasteiger partial charge in [-0.25, -0.2) is 5.48 Å². The quantitative estimate of drug-likeness (QED) is 0.687. The number of nitrogens with zero attached hydrogens (tertiary/aromatic N) is 1. The van der Waals surface area contributed by atoms with Crippen molar-refractivity contribution in [2.45, 2.75) is 26.2 Å². The molecule has 13 heavy (non-hydrogen) atoms. The van der Waals surface area contributed by atoms with E-state index in [4.69, 9.17) is 4.52 Å². The van der Waals surface area contributed by atoms with Crippen molar-refractivity contribution in [1.29, 1.82) is 0 Å². The summed E-state index contributed by atoms with van der Waals surface area (Å²) >= 11 is 0. The summed E-state index contributed by atoms with van der Waals surface area (Å²) in [6.45, 7) is 5.76. The molecule has 74 valence electrons. The van der Waals surface area contributed by atoms with E-state index in [1.165, 1.54) is 7.11 Å².